The number of ether oxygens (including phenoxy) is 1. The second-order valence-corrected chi connectivity index (χ2v) is 7.58. The number of aromatic nitrogens is 3. The molecule has 4 aromatic rings. The minimum atomic E-state index is -2.90. The van der Waals surface area contributed by atoms with Gasteiger partial charge in [-0.05, 0) is 41.5 Å². The Labute approximate surface area is 178 Å². The van der Waals surface area contributed by atoms with E-state index in [1.807, 2.05) is 18.2 Å². The SMILES string of the molecule is Nc1nccn1Cc1cc(Br)c2ccn(Cc3cccc(OC(F)F)c3)c(=O)c2c1. The fourth-order valence-electron chi connectivity index (χ4n) is 3.31. The van der Waals surface area contributed by atoms with Crippen molar-refractivity contribution in [2.45, 2.75) is 19.7 Å². The fraction of sp³-hybridized carbons (Fsp3) is 0.143. The van der Waals surface area contributed by atoms with Gasteiger partial charge in [-0.2, -0.15) is 8.78 Å². The van der Waals surface area contributed by atoms with E-state index in [2.05, 4.69) is 25.7 Å². The molecule has 2 aromatic heterocycles. The van der Waals surface area contributed by atoms with E-state index in [1.165, 1.54) is 16.7 Å². The maximum Gasteiger partial charge on any atom is 0.387 e. The number of fused-ring (bicyclic) bond motifs is 1. The summed E-state index contributed by atoms with van der Waals surface area (Å²) in [5.74, 6) is 0.446. The molecule has 2 heterocycles. The molecule has 0 aliphatic heterocycles. The van der Waals surface area contributed by atoms with Crippen molar-refractivity contribution in [3.05, 3.63) is 87.0 Å². The molecular formula is C21H17BrF2N4O2. The van der Waals surface area contributed by atoms with E-state index in [1.54, 1.807) is 35.3 Å². The lowest BCUT2D eigenvalue weighted by molar-refractivity contribution is -0.0498. The smallest absolute Gasteiger partial charge is 0.387 e. The third-order valence-electron chi connectivity index (χ3n) is 4.68. The summed E-state index contributed by atoms with van der Waals surface area (Å²) in [4.78, 5) is 17.1. The molecule has 0 radical (unpaired) electrons. The molecule has 0 fully saturated rings. The Morgan fingerprint density at radius 3 is 2.57 bits per heavy atom. The number of nitrogens with two attached hydrogens (primary N) is 1. The third kappa shape index (κ3) is 4.20. The number of alkyl halides is 2. The maximum absolute atomic E-state index is 13.1. The van der Waals surface area contributed by atoms with Gasteiger partial charge in [-0.1, -0.05) is 28.1 Å². The molecule has 2 aromatic carbocycles. The standard InChI is InChI=1S/C21H17BrF2N4O2/c22-18-10-14(12-28-7-5-26-21(28)25)9-17-16(18)4-6-27(19(17)29)11-13-2-1-3-15(8-13)30-20(23)24/h1-10,20H,11-12H2,(H2,25,26). The van der Waals surface area contributed by atoms with E-state index in [0.717, 1.165) is 15.4 Å². The van der Waals surface area contributed by atoms with Crippen molar-refractivity contribution in [1.29, 1.82) is 0 Å². The van der Waals surface area contributed by atoms with Crippen LogP contribution in [-0.2, 0) is 13.1 Å². The van der Waals surface area contributed by atoms with Crippen LogP contribution in [0.15, 0.2) is 70.3 Å². The lowest BCUT2D eigenvalue weighted by atomic mass is 10.1. The van der Waals surface area contributed by atoms with E-state index in [-0.39, 0.29) is 17.9 Å². The van der Waals surface area contributed by atoms with E-state index >= 15 is 0 Å². The Bertz CT molecular complexity index is 1270. The topological polar surface area (TPSA) is 75.1 Å². The van der Waals surface area contributed by atoms with Crippen LogP contribution >= 0.6 is 15.9 Å². The average molecular weight is 475 g/mol. The van der Waals surface area contributed by atoms with E-state index in [0.29, 0.717) is 23.4 Å². The van der Waals surface area contributed by atoms with Gasteiger partial charge < -0.3 is 19.6 Å². The largest absolute Gasteiger partial charge is 0.435 e. The first-order valence-corrected chi connectivity index (χ1v) is 9.82. The molecule has 4 rings (SSSR count). The number of pyridine rings is 1. The van der Waals surface area contributed by atoms with Crippen LogP contribution in [0.1, 0.15) is 11.1 Å². The zero-order valence-corrected chi connectivity index (χ0v) is 17.2. The van der Waals surface area contributed by atoms with Gasteiger partial charge in [-0.15, -0.1) is 0 Å². The summed E-state index contributed by atoms with van der Waals surface area (Å²) >= 11 is 3.54. The van der Waals surface area contributed by atoms with Crippen LogP contribution < -0.4 is 16.0 Å². The first-order valence-electron chi connectivity index (χ1n) is 9.02. The van der Waals surface area contributed by atoms with E-state index in [4.69, 9.17) is 5.73 Å². The predicted octanol–water partition coefficient (Wildman–Crippen LogP) is 4.24. The van der Waals surface area contributed by atoms with Gasteiger partial charge in [0.05, 0.1) is 13.1 Å². The zero-order chi connectivity index (χ0) is 21.3. The molecule has 0 amide bonds. The molecule has 0 atom stereocenters. The second-order valence-electron chi connectivity index (χ2n) is 6.73. The summed E-state index contributed by atoms with van der Waals surface area (Å²) in [5, 5.41) is 1.33. The van der Waals surface area contributed by atoms with Crippen LogP contribution in [0.25, 0.3) is 10.8 Å². The van der Waals surface area contributed by atoms with E-state index in [9.17, 15) is 13.6 Å². The highest BCUT2D eigenvalue weighted by atomic mass is 79.9. The maximum atomic E-state index is 13.1. The summed E-state index contributed by atoms with van der Waals surface area (Å²) in [7, 11) is 0. The van der Waals surface area contributed by atoms with E-state index < -0.39 is 6.61 Å². The molecule has 9 heteroatoms. The quantitative estimate of drug-likeness (QED) is 0.453. The number of rotatable bonds is 6. The molecular weight excluding hydrogens is 458 g/mol. The van der Waals surface area contributed by atoms with Crippen molar-refractivity contribution >= 4 is 32.7 Å². The number of anilines is 1. The molecule has 0 saturated heterocycles. The molecule has 30 heavy (non-hydrogen) atoms. The minimum Gasteiger partial charge on any atom is -0.435 e. The number of nitrogen functional groups attached to an aromatic ring is 1. The molecule has 2 N–H and O–H groups in total. The Morgan fingerprint density at radius 2 is 1.83 bits per heavy atom. The highest BCUT2D eigenvalue weighted by Gasteiger charge is 2.11. The Kier molecular flexibility index (Phi) is 5.54. The van der Waals surface area contributed by atoms with Gasteiger partial charge in [0, 0.05) is 33.8 Å². The summed E-state index contributed by atoms with van der Waals surface area (Å²) in [6, 6.07) is 11.9. The Balaban J connectivity index is 1.69. The van der Waals surface area contributed by atoms with Crippen molar-refractivity contribution in [3.8, 4) is 5.75 Å². The summed E-state index contributed by atoms with van der Waals surface area (Å²) in [5.41, 5.74) is 7.22. The van der Waals surface area contributed by atoms with Crippen LogP contribution in [-0.4, -0.2) is 20.7 Å². The van der Waals surface area contributed by atoms with Crippen molar-refractivity contribution in [2.75, 3.05) is 5.73 Å². The van der Waals surface area contributed by atoms with Gasteiger partial charge in [-0.3, -0.25) is 4.79 Å². The lowest BCUT2D eigenvalue weighted by Crippen LogP contribution is -2.20. The average Bonchev–Trinajstić information content (AvgIpc) is 3.09. The van der Waals surface area contributed by atoms with Gasteiger partial charge in [0.25, 0.3) is 5.56 Å². The molecule has 0 aliphatic rings. The zero-order valence-electron chi connectivity index (χ0n) is 15.6. The minimum absolute atomic E-state index is 0.0549. The number of halogens is 3. The first kappa shape index (κ1) is 20.1. The molecule has 0 bridgehead atoms. The normalized spacial score (nSPS) is 11.3. The monoisotopic (exact) mass is 474 g/mol. The van der Waals surface area contributed by atoms with Gasteiger partial charge in [0.2, 0.25) is 0 Å². The third-order valence-corrected chi connectivity index (χ3v) is 5.33. The van der Waals surface area contributed by atoms with Crippen LogP contribution in [0.3, 0.4) is 0 Å². The van der Waals surface area contributed by atoms with Crippen molar-refractivity contribution in [2.24, 2.45) is 0 Å². The molecule has 0 aliphatic carbocycles. The van der Waals surface area contributed by atoms with Gasteiger partial charge in [0.1, 0.15) is 5.75 Å². The van der Waals surface area contributed by atoms with Gasteiger partial charge in [-0.25, -0.2) is 4.98 Å². The summed E-state index contributed by atoms with van der Waals surface area (Å²) in [6.07, 6.45) is 5.07. The van der Waals surface area contributed by atoms with Gasteiger partial charge >= 0.3 is 6.61 Å². The highest BCUT2D eigenvalue weighted by molar-refractivity contribution is 9.10. The first-order chi connectivity index (χ1) is 14.4. The predicted molar refractivity (Wildman–Crippen MR) is 114 cm³/mol. The number of hydrogen-bond donors (Lipinski definition) is 1. The molecule has 0 spiro atoms. The number of benzene rings is 2. The van der Waals surface area contributed by atoms with Crippen molar-refractivity contribution < 1.29 is 13.5 Å². The van der Waals surface area contributed by atoms with Crippen LogP contribution in [0.2, 0.25) is 0 Å². The molecule has 0 unspecified atom stereocenters. The fourth-order valence-corrected chi connectivity index (χ4v) is 3.95. The van der Waals surface area contributed by atoms with Crippen LogP contribution in [0, 0.1) is 0 Å². The number of hydrogen-bond acceptors (Lipinski definition) is 4. The number of nitrogens with zero attached hydrogens (tertiary/aromatic N) is 3. The Hall–Kier alpha value is -3.20. The Morgan fingerprint density at radius 1 is 1.03 bits per heavy atom. The highest BCUT2D eigenvalue weighted by Crippen LogP contribution is 2.25. The summed E-state index contributed by atoms with van der Waals surface area (Å²) < 4.78 is 33.5. The number of imidazole rings is 1. The van der Waals surface area contributed by atoms with Crippen LogP contribution in [0.4, 0.5) is 14.7 Å². The van der Waals surface area contributed by atoms with Crippen LogP contribution in [0.5, 0.6) is 5.75 Å². The molecule has 0 saturated carbocycles. The molecule has 154 valence electrons. The lowest BCUT2D eigenvalue weighted by Gasteiger charge is -2.12. The van der Waals surface area contributed by atoms with Gasteiger partial charge in [0.15, 0.2) is 5.95 Å². The summed E-state index contributed by atoms with van der Waals surface area (Å²) in [6.45, 7) is -2.20. The van der Waals surface area contributed by atoms with Crippen molar-refractivity contribution in [1.82, 2.24) is 14.1 Å². The van der Waals surface area contributed by atoms with Crippen molar-refractivity contribution in [3.63, 3.8) is 0 Å². The second kappa shape index (κ2) is 8.27. The molecule has 6 nitrogen and oxygen atoms in total.